The molecular formula is C12H16BrNOS. The molecule has 0 spiro atoms. The summed E-state index contributed by atoms with van der Waals surface area (Å²) in [4.78, 5) is 13.1. The van der Waals surface area contributed by atoms with E-state index in [1.54, 1.807) is 11.3 Å². The van der Waals surface area contributed by atoms with Crippen molar-refractivity contribution < 1.29 is 4.79 Å². The van der Waals surface area contributed by atoms with Crippen LogP contribution in [0.25, 0.3) is 0 Å². The molecule has 1 aromatic heterocycles. The van der Waals surface area contributed by atoms with E-state index in [2.05, 4.69) is 28.2 Å². The number of hydrogen-bond acceptors (Lipinski definition) is 2. The highest BCUT2D eigenvalue weighted by Crippen LogP contribution is 2.31. The second-order valence-corrected chi connectivity index (χ2v) is 6.28. The Hall–Kier alpha value is -0.350. The monoisotopic (exact) mass is 301 g/mol. The van der Waals surface area contributed by atoms with Crippen molar-refractivity contribution in [3.8, 4) is 0 Å². The third-order valence-electron chi connectivity index (χ3n) is 3.31. The van der Waals surface area contributed by atoms with E-state index in [1.807, 2.05) is 11.4 Å². The number of carbonyl (C=O) groups is 1. The molecule has 4 heteroatoms. The van der Waals surface area contributed by atoms with E-state index in [0.717, 1.165) is 10.9 Å². The first-order valence-electron chi connectivity index (χ1n) is 5.68. The Morgan fingerprint density at radius 3 is 3.00 bits per heavy atom. The zero-order chi connectivity index (χ0) is 11.5. The molecule has 1 aliphatic carbocycles. The van der Waals surface area contributed by atoms with Gasteiger partial charge >= 0.3 is 0 Å². The summed E-state index contributed by atoms with van der Waals surface area (Å²) >= 11 is 5.14. The van der Waals surface area contributed by atoms with E-state index in [0.29, 0.717) is 12.5 Å². The first-order valence-corrected chi connectivity index (χ1v) is 7.35. The minimum atomic E-state index is 0.227. The molecule has 1 aliphatic rings. The van der Waals surface area contributed by atoms with E-state index >= 15 is 0 Å². The average Bonchev–Trinajstić information content (AvgIpc) is 2.84. The first-order chi connectivity index (χ1) is 7.68. The van der Waals surface area contributed by atoms with Crippen molar-refractivity contribution in [2.75, 3.05) is 0 Å². The van der Waals surface area contributed by atoms with Crippen LogP contribution in [0.1, 0.15) is 31.1 Å². The standard InChI is InChI=1S/C12H16BrNOS/c1-8-3-2-4-9(8)12(15)14-7-11-10(13)5-6-16-11/h5-6,8-9H,2-4,7H2,1H3,(H,14,15). The van der Waals surface area contributed by atoms with Crippen molar-refractivity contribution in [2.24, 2.45) is 11.8 Å². The summed E-state index contributed by atoms with van der Waals surface area (Å²) in [6, 6.07) is 2.02. The number of halogens is 1. The molecule has 0 bridgehead atoms. The van der Waals surface area contributed by atoms with E-state index in [-0.39, 0.29) is 11.8 Å². The zero-order valence-corrected chi connectivity index (χ0v) is 11.7. The van der Waals surface area contributed by atoms with Crippen LogP contribution in [0.5, 0.6) is 0 Å². The van der Waals surface area contributed by atoms with Crippen molar-refractivity contribution in [1.29, 1.82) is 0 Å². The van der Waals surface area contributed by atoms with Gasteiger partial charge in [0.05, 0.1) is 6.54 Å². The quantitative estimate of drug-likeness (QED) is 0.909. The Bertz CT molecular complexity index is 377. The van der Waals surface area contributed by atoms with Gasteiger partial charge in [0.1, 0.15) is 0 Å². The van der Waals surface area contributed by atoms with Gasteiger partial charge in [-0.15, -0.1) is 11.3 Å². The van der Waals surface area contributed by atoms with Gasteiger partial charge in [0.25, 0.3) is 0 Å². The van der Waals surface area contributed by atoms with Crippen LogP contribution in [-0.4, -0.2) is 5.91 Å². The van der Waals surface area contributed by atoms with E-state index < -0.39 is 0 Å². The van der Waals surface area contributed by atoms with Gasteiger partial charge in [-0.2, -0.15) is 0 Å². The molecule has 0 saturated heterocycles. The molecule has 2 unspecified atom stereocenters. The molecule has 1 fully saturated rings. The molecule has 0 aromatic carbocycles. The van der Waals surface area contributed by atoms with Gasteiger partial charge < -0.3 is 5.32 Å². The number of thiophene rings is 1. The fourth-order valence-corrected chi connectivity index (χ4v) is 3.72. The summed E-state index contributed by atoms with van der Waals surface area (Å²) in [7, 11) is 0. The maximum atomic E-state index is 11.9. The highest BCUT2D eigenvalue weighted by molar-refractivity contribution is 9.10. The van der Waals surface area contributed by atoms with Crippen LogP contribution < -0.4 is 5.32 Å². The smallest absolute Gasteiger partial charge is 0.223 e. The Morgan fingerprint density at radius 1 is 1.62 bits per heavy atom. The Kier molecular flexibility index (Phi) is 4.03. The van der Waals surface area contributed by atoms with Crippen molar-refractivity contribution >= 4 is 33.2 Å². The van der Waals surface area contributed by atoms with Crippen molar-refractivity contribution in [2.45, 2.75) is 32.7 Å². The highest BCUT2D eigenvalue weighted by Gasteiger charge is 2.29. The molecule has 1 heterocycles. The molecule has 1 saturated carbocycles. The molecule has 16 heavy (non-hydrogen) atoms. The van der Waals surface area contributed by atoms with Crippen LogP contribution >= 0.6 is 27.3 Å². The Morgan fingerprint density at radius 2 is 2.44 bits per heavy atom. The van der Waals surface area contributed by atoms with Crippen LogP contribution in [0.3, 0.4) is 0 Å². The zero-order valence-electron chi connectivity index (χ0n) is 9.33. The van der Waals surface area contributed by atoms with Crippen LogP contribution in [0, 0.1) is 11.8 Å². The average molecular weight is 302 g/mol. The molecule has 0 radical (unpaired) electrons. The summed E-state index contributed by atoms with van der Waals surface area (Å²) in [5.41, 5.74) is 0. The molecule has 88 valence electrons. The van der Waals surface area contributed by atoms with Gasteiger partial charge in [0.2, 0.25) is 5.91 Å². The van der Waals surface area contributed by atoms with Crippen LogP contribution in [-0.2, 0) is 11.3 Å². The number of carbonyl (C=O) groups excluding carboxylic acids is 1. The third kappa shape index (κ3) is 2.66. The summed E-state index contributed by atoms with van der Waals surface area (Å²) < 4.78 is 1.09. The molecule has 1 aromatic rings. The predicted octanol–water partition coefficient (Wildman–Crippen LogP) is 3.56. The maximum Gasteiger partial charge on any atom is 0.223 e. The summed E-state index contributed by atoms with van der Waals surface area (Å²) in [5.74, 6) is 1.01. The molecule has 2 nitrogen and oxygen atoms in total. The number of hydrogen-bond donors (Lipinski definition) is 1. The van der Waals surface area contributed by atoms with Crippen LogP contribution in [0.2, 0.25) is 0 Å². The van der Waals surface area contributed by atoms with E-state index in [4.69, 9.17) is 0 Å². The summed E-state index contributed by atoms with van der Waals surface area (Å²) in [5, 5.41) is 5.07. The van der Waals surface area contributed by atoms with Gasteiger partial charge in [-0.05, 0) is 46.1 Å². The van der Waals surface area contributed by atoms with Gasteiger partial charge in [-0.25, -0.2) is 0 Å². The van der Waals surface area contributed by atoms with E-state index in [9.17, 15) is 4.79 Å². The fraction of sp³-hybridized carbons (Fsp3) is 0.583. The van der Waals surface area contributed by atoms with Gasteiger partial charge in [0, 0.05) is 15.3 Å². The normalized spacial score (nSPS) is 24.6. The van der Waals surface area contributed by atoms with Gasteiger partial charge in [-0.1, -0.05) is 13.3 Å². The van der Waals surface area contributed by atoms with Crippen molar-refractivity contribution in [3.05, 3.63) is 20.8 Å². The Labute approximate surface area is 109 Å². The van der Waals surface area contributed by atoms with Crippen LogP contribution in [0.15, 0.2) is 15.9 Å². The number of rotatable bonds is 3. The second-order valence-electron chi connectivity index (χ2n) is 4.42. The molecular weight excluding hydrogens is 286 g/mol. The molecule has 1 amide bonds. The maximum absolute atomic E-state index is 11.9. The molecule has 2 rings (SSSR count). The lowest BCUT2D eigenvalue weighted by Crippen LogP contribution is -2.31. The Balaban J connectivity index is 1.86. The van der Waals surface area contributed by atoms with E-state index in [1.165, 1.54) is 17.7 Å². The molecule has 2 atom stereocenters. The molecule has 1 N–H and O–H groups in total. The number of nitrogens with one attached hydrogen (secondary N) is 1. The van der Waals surface area contributed by atoms with Gasteiger partial charge in [-0.3, -0.25) is 4.79 Å². The first kappa shape index (κ1) is 12.1. The minimum Gasteiger partial charge on any atom is -0.351 e. The predicted molar refractivity (Wildman–Crippen MR) is 70.4 cm³/mol. The van der Waals surface area contributed by atoms with Gasteiger partial charge in [0.15, 0.2) is 0 Å². The van der Waals surface area contributed by atoms with Crippen LogP contribution in [0.4, 0.5) is 0 Å². The lowest BCUT2D eigenvalue weighted by molar-refractivity contribution is -0.126. The number of amides is 1. The SMILES string of the molecule is CC1CCCC1C(=O)NCc1sccc1Br. The summed E-state index contributed by atoms with van der Waals surface area (Å²) in [6.07, 6.45) is 3.45. The van der Waals surface area contributed by atoms with Crippen molar-refractivity contribution in [3.63, 3.8) is 0 Å². The molecule has 0 aliphatic heterocycles. The topological polar surface area (TPSA) is 29.1 Å². The fourth-order valence-electron chi connectivity index (χ4n) is 2.28. The second kappa shape index (κ2) is 5.32. The highest BCUT2D eigenvalue weighted by atomic mass is 79.9. The largest absolute Gasteiger partial charge is 0.351 e. The summed E-state index contributed by atoms with van der Waals surface area (Å²) in [6.45, 7) is 2.83. The lowest BCUT2D eigenvalue weighted by Gasteiger charge is -2.14. The lowest BCUT2D eigenvalue weighted by atomic mass is 9.97. The van der Waals surface area contributed by atoms with Crippen molar-refractivity contribution in [1.82, 2.24) is 5.32 Å². The third-order valence-corrected chi connectivity index (χ3v) is 5.24. The minimum absolute atomic E-state index is 0.227.